The number of hydrogen-bond acceptors (Lipinski definition) is 2. The van der Waals surface area contributed by atoms with Crippen LogP contribution < -0.4 is 0 Å². The van der Waals surface area contributed by atoms with Gasteiger partial charge < -0.3 is 0 Å². The number of rotatable bonds is 3. The number of carbonyl (C=O) groups is 1. The molecule has 1 aliphatic heterocycles. The second-order valence-electron chi connectivity index (χ2n) is 6.43. The summed E-state index contributed by atoms with van der Waals surface area (Å²) in [6.07, 6.45) is 2.25. The number of hydrogen-bond donors (Lipinski definition) is 0. The average Bonchev–Trinajstić information content (AvgIpc) is 2.58. The van der Waals surface area contributed by atoms with Crippen LogP contribution >= 0.6 is 0 Å². The third-order valence-electron chi connectivity index (χ3n) is 3.71. The third-order valence-corrected chi connectivity index (χ3v) is 3.71. The van der Waals surface area contributed by atoms with Crippen LogP contribution in [0.1, 0.15) is 54.4 Å². The molecule has 0 bridgehead atoms. The van der Waals surface area contributed by atoms with Gasteiger partial charge in [-0.2, -0.15) is 0 Å². The van der Waals surface area contributed by atoms with Gasteiger partial charge in [0.2, 0.25) is 0 Å². The second kappa shape index (κ2) is 4.87. The number of Topliss-reactive ketones (excluding diaryl/α,β-unsaturated/α-hetero) is 1. The molecule has 0 N–H and O–H groups in total. The highest BCUT2D eigenvalue weighted by atomic mass is 16.1. The van der Waals surface area contributed by atoms with Gasteiger partial charge in [0, 0.05) is 18.0 Å². The normalized spacial score (nSPS) is 27.7. The van der Waals surface area contributed by atoms with E-state index >= 15 is 0 Å². The van der Waals surface area contributed by atoms with Crippen molar-refractivity contribution in [3.8, 4) is 0 Å². The van der Waals surface area contributed by atoms with Crippen LogP contribution in [0.15, 0.2) is 0 Å². The Bertz CT molecular complexity index is 252. The first kappa shape index (κ1) is 13.7. The molecule has 94 valence electrons. The average molecular weight is 225 g/mol. The maximum absolute atomic E-state index is 12.4. The molecule has 2 atom stereocenters. The number of nitrogens with zero attached hydrogens (tertiary/aromatic N) is 1. The van der Waals surface area contributed by atoms with E-state index in [-0.39, 0.29) is 11.5 Å². The van der Waals surface area contributed by atoms with Crippen molar-refractivity contribution in [3.05, 3.63) is 0 Å². The Balaban J connectivity index is 2.81. The number of likely N-dealkylation sites (tertiary alicyclic amines) is 1. The van der Waals surface area contributed by atoms with Crippen LogP contribution in [0.5, 0.6) is 0 Å². The minimum atomic E-state index is -0.208. The Morgan fingerprint density at radius 3 is 2.31 bits per heavy atom. The molecule has 1 fully saturated rings. The molecule has 0 spiro atoms. The van der Waals surface area contributed by atoms with E-state index in [9.17, 15) is 4.79 Å². The lowest BCUT2D eigenvalue weighted by molar-refractivity contribution is -0.131. The van der Waals surface area contributed by atoms with E-state index < -0.39 is 0 Å². The van der Waals surface area contributed by atoms with Gasteiger partial charge in [-0.05, 0) is 26.2 Å². The summed E-state index contributed by atoms with van der Waals surface area (Å²) in [6, 6.07) is 0.637. The molecule has 0 unspecified atom stereocenters. The number of ketones is 1. The molecule has 0 saturated carbocycles. The smallest absolute Gasteiger partial charge is 0.155 e. The monoisotopic (exact) mass is 225 g/mol. The fourth-order valence-electron chi connectivity index (χ4n) is 2.58. The summed E-state index contributed by atoms with van der Waals surface area (Å²) in [7, 11) is 0. The van der Waals surface area contributed by atoms with Gasteiger partial charge >= 0.3 is 0 Å². The second-order valence-corrected chi connectivity index (χ2v) is 6.43. The predicted molar refractivity (Wildman–Crippen MR) is 68.5 cm³/mol. The Hall–Kier alpha value is -0.370. The van der Waals surface area contributed by atoms with Gasteiger partial charge in [-0.25, -0.2) is 0 Å². The molecule has 1 aliphatic rings. The zero-order valence-electron chi connectivity index (χ0n) is 11.7. The van der Waals surface area contributed by atoms with Gasteiger partial charge in [-0.1, -0.05) is 34.1 Å². The first-order valence-corrected chi connectivity index (χ1v) is 6.57. The fourth-order valence-corrected chi connectivity index (χ4v) is 2.58. The van der Waals surface area contributed by atoms with Crippen LogP contribution in [-0.4, -0.2) is 29.3 Å². The summed E-state index contributed by atoms with van der Waals surface area (Å²) < 4.78 is 0. The molecule has 1 heterocycles. The molecule has 1 saturated heterocycles. The maximum Gasteiger partial charge on any atom is 0.155 e. The van der Waals surface area contributed by atoms with E-state index in [1.54, 1.807) is 0 Å². The molecular formula is C14H27NO. The highest BCUT2D eigenvalue weighted by Crippen LogP contribution is 2.32. The van der Waals surface area contributed by atoms with Gasteiger partial charge in [0.15, 0.2) is 5.78 Å². The molecule has 0 aromatic rings. The van der Waals surface area contributed by atoms with Crippen LogP contribution in [0, 0.1) is 11.3 Å². The Morgan fingerprint density at radius 1 is 1.38 bits per heavy atom. The Labute approximate surface area is 100 Å². The lowest BCUT2D eigenvalue weighted by atomic mass is 9.84. The van der Waals surface area contributed by atoms with Gasteiger partial charge in [0.1, 0.15) is 0 Å². The summed E-state index contributed by atoms with van der Waals surface area (Å²) in [5, 5.41) is 0. The highest BCUT2D eigenvalue weighted by molar-refractivity contribution is 5.89. The van der Waals surface area contributed by atoms with Crippen molar-refractivity contribution in [2.45, 2.75) is 66.5 Å². The lowest BCUT2D eigenvalue weighted by Gasteiger charge is -2.31. The predicted octanol–water partition coefficient (Wildman–Crippen LogP) is 3.11. The zero-order chi connectivity index (χ0) is 12.5. The summed E-state index contributed by atoms with van der Waals surface area (Å²) in [5.74, 6) is 1.12. The van der Waals surface area contributed by atoms with E-state index in [1.165, 1.54) is 6.42 Å². The van der Waals surface area contributed by atoms with E-state index in [0.29, 0.717) is 17.7 Å². The molecule has 2 nitrogen and oxygen atoms in total. The van der Waals surface area contributed by atoms with Crippen LogP contribution in [0.4, 0.5) is 0 Å². The summed E-state index contributed by atoms with van der Waals surface area (Å²) in [6.45, 7) is 13.8. The van der Waals surface area contributed by atoms with Crippen LogP contribution in [0.25, 0.3) is 0 Å². The number of carbonyl (C=O) groups excluding carboxylic acids is 1. The van der Waals surface area contributed by atoms with Crippen molar-refractivity contribution in [1.82, 2.24) is 4.90 Å². The Kier molecular flexibility index (Phi) is 4.17. The Morgan fingerprint density at radius 2 is 1.94 bits per heavy atom. The fraction of sp³-hybridized carbons (Fsp3) is 0.929. The van der Waals surface area contributed by atoms with Crippen molar-refractivity contribution in [2.24, 2.45) is 11.3 Å². The van der Waals surface area contributed by atoms with Crippen LogP contribution in [0.2, 0.25) is 0 Å². The SMILES string of the molecule is CC[C@H]1C[C@@H](C(=O)C(C)(C)C)N(C(C)C)C1. The summed E-state index contributed by atoms with van der Waals surface area (Å²) >= 11 is 0. The molecule has 0 amide bonds. The summed E-state index contributed by atoms with van der Waals surface area (Å²) in [5.41, 5.74) is -0.208. The molecule has 0 aromatic heterocycles. The maximum atomic E-state index is 12.4. The largest absolute Gasteiger partial charge is 0.297 e. The van der Waals surface area contributed by atoms with Crippen molar-refractivity contribution in [2.75, 3.05) is 6.54 Å². The molecule has 0 radical (unpaired) electrons. The molecule has 16 heavy (non-hydrogen) atoms. The van der Waals surface area contributed by atoms with E-state index in [1.807, 2.05) is 20.8 Å². The standard InChI is InChI=1S/C14H27NO/c1-7-11-8-12(13(16)14(4,5)6)15(9-11)10(2)3/h10-12H,7-9H2,1-6H3/t11-,12-/m0/s1. The minimum absolute atomic E-state index is 0.157. The molecule has 2 heteroatoms. The molecule has 0 aliphatic carbocycles. The van der Waals surface area contributed by atoms with Crippen molar-refractivity contribution in [1.29, 1.82) is 0 Å². The van der Waals surface area contributed by atoms with Gasteiger partial charge in [0.25, 0.3) is 0 Å². The third kappa shape index (κ3) is 2.85. The van der Waals surface area contributed by atoms with Crippen LogP contribution in [0.3, 0.4) is 0 Å². The zero-order valence-corrected chi connectivity index (χ0v) is 11.7. The van der Waals surface area contributed by atoms with Crippen LogP contribution in [-0.2, 0) is 4.79 Å². The van der Waals surface area contributed by atoms with Crippen molar-refractivity contribution < 1.29 is 4.79 Å². The quantitative estimate of drug-likeness (QED) is 0.735. The first-order valence-electron chi connectivity index (χ1n) is 6.57. The summed E-state index contributed by atoms with van der Waals surface area (Å²) in [4.78, 5) is 14.8. The van der Waals surface area contributed by atoms with E-state index in [2.05, 4.69) is 25.7 Å². The lowest BCUT2D eigenvalue weighted by Crippen LogP contribution is -2.44. The van der Waals surface area contributed by atoms with E-state index in [4.69, 9.17) is 0 Å². The topological polar surface area (TPSA) is 20.3 Å². The molecule has 1 rings (SSSR count). The van der Waals surface area contributed by atoms with Crippen molar-refractivity contribution in [3.63, 3.8) is 0 Å². The van der Waals surface area contributed by atoms with Crippen molar-refractivity contribution >= 4 is 5.78 Å². The molecule has 0 aromatic carbocycles. The van der Waals surface area contributed by atoms with Gasteiger partial charge in [-0.3, -0.25) is 9.69 Å². The van der Waals surface area contributed by atoms with Gasteiger partial charge in [0.05, 0.1) is 6.04 Å². The van der Waals surface area contributed by atoms with Gasteiger partial charge in [-0.15, -0.1) is 0 Å². The first-order chi connectivity index (χ1) is 7.27. The van der Waals surface area contributed by atoms with E-state index in [0.717, 1.165) is 13.0 Å². The molecular weight excluding hydrogens is 198 g/mol. The highest BCUT2D eigenvalue weighted by Gasteiger charge is 2.40. The minimum Gasteiger partial charge on any atom is -0.297 e.